The van der Waals surface area contributed by atoms with Crippen LogP contribution in [0.2, 0.25) is 0 Å². The summed E-state index contributed by atoms with van der Waals surface area (Å²) in [4.78, 5) is 0. The van der Waals surface area contributed by atoms with Gasteiger partial charge >= 0.3 is 0 Å². The van der Waals surface area contributed by atoms with Crippen molar-refractivity contribution in [3.8, 4) is 23.3 Å². The summed E-state index contributed by atoms with van der Waals surface area (Å²) >= 11 is 0. The molecule has 1 N–H and O–H groups in total. The third kappa shape index (κ3) is 5.50. The predicted octanol–water partition coefficient (Wildman–Crippen LogP) is 1.72. The molecule has 1 rings (SSSR count). The number of nitrogens with one attached hydrogen (secondary N) is 1. The van der Waals surface area contributed by atoms with Gasteiger partial charge in [-0.2, -0.15) is 0 Å². The van der Waals surface area contributed by atoms with Gasteiger partial charge < -0.3 is 14.8 Å². The minimum atomic E-state index is 0. The van der Waals surface area contributed by atoms with Crippen LogP contribution >= 0.6 is 12.4 Å². The van der Waals surface area contributed by atoms with E-state index < -0.39 is 0 Å². The molecule has 3 nitrogen and oxygen atoms in total. The lowest BCUT2D eigenvalue weighted by molar-refractivity contribution is 0.363. The third-order valence-corrected chi connectivity index (χ3v) is 1.74. The minimum Gasteiger partial charge on any atom is -0.497 e. The van der Waals surface area contributed by atoms with Gasteiger partial charge in [0.15, 0.2) is 0 Å². The van der Waals surface area contributed by atoms with Crippen molar-refractivity contribution in [2.45, 2.75) is 0 Å². The highest BCUT2D eigenvalue weighted by atomic mass is 35.5. The van der Waals surface area contributed by atoms with Crippen LogP contribution in [0.25, 0.3) is 0 Å². The first-order valence-electron chi connectivity index (χ1n) is 4.74. The largest absolute Gasteiger partial charge is 0.497 e. The van der Waals surface area contributed by atoms with Crippen LogP contribution in [0.4, 0.5) is 0 Å². The van der Waals surface area contributed by atoms with Gasteiger partial charge in [-0.3, -0.25) is 0 Å². The summed E-state index contributed by atoms with van der Waals surface area (Å²) < 4.78 is 10.5. The number of hydrogen-bond donors (Lipinski definition) is 1. The standard InChI is InChI=1S/C12H15NO2.ClH/c1-13-8-3-4-9-15-12-7-5-6-11(10-12)14-2;/h5-7,10,13H,8-9H2,1-2H3;1H. The summed E-state index contributed by atoms with van der Waals surface area (Å²) in [6, 6.07) is 7.47. The molecular weight excluding hydrogens is 226 g/mol. The van der Waals surface area contributed by atoms with Crippen LogP contribution in [0.1, 0.15) is 0 Å². The molecule has 4 heteroatoms. The number of ether oxygens (including phenoxy) is 2. The minimum absolute atomic E-state index is 0. The van der Waals surface area contributed by atoms with Crippen LogP contribution < -0.4 is 14.8 Å². The molecule has 0 spiro atoms. The van der Waals surface area contributed by atoms with E-state index in [1.54, 1.807) is 7.11 Å². The average Bonchev–Trinajstić information content (AvgIpc) is 2.29. The maximum absolute atomic E-state index is 5.41. The van der Waals surface area contributed by atoms with Crippen molar-refractivity contribution in [1.29, 1.82) is 0 Å². The molecule has 88 valence electrons. The fraction of sp³-hybridized carbons (Fsp3) is 0.333. The normalized spacial score (nSPS) is 8.38. The van der Waals surface area contributed by atoms with Crippen molar-refractivity contribution in [1.82, 2.24) is 5.32 Å². The van der Waals surface area contributed by atoms with E-state index in [0.717, 1.165) is 11.5 Å². The van der Waals surface area contributed by atoms with E-state index >= 15 is 0 Å². The van der Waals surface area contributed by atoms with Crippen LogP contribution in [0.15, 0.2) is 24.3 Å². The van der Waals surface area contributed by atoms with Gasteiger partial charge in [-0.15, -0.1) is 12.4 Å². The van der Waals surface area contributed by atoms with Crippen molar-refractivity contribution in [3.05, 3.63) is 24.3 Å². The number of hydrogen-bond acceptors (Lipinski definition) is 3. The fourth-order valence-corrected chi connectivity index (χ4v) is 1.01. The monoisotopic (exact) mass is 241 g/mol. The third-order valence-electron chi connectivity index (χ3n) is 1.74. The zero-order chi connectivity index (χ0) is 10.9. The molecule has 0 radical (unpaired) electrons. The summed E-state index contributed by atoms with van der Waals surface area (Å²) in [7, 11) is 3.49. The highest BCUT2D eigenvalue weighted by molar-refractivity contribution is 5.85. The zero-order valence-electron chi connectivity index (χ0n) is 9.45. The van der Waals surface area contributed by atoms with Gasteiger partial charge in [0, 0.05) is 6.07 Å². The van der Waals surface area contributed by atoms with Crippen LogP contribution in [0, 0.1) is 11.8 Å². The second-order valence-corrected chi connectivity index (χ2v) is 2.85. The molecule has 0 fully saturated rings. The molecule has 0 heterocycles. The molecule has 0 bridgehead atoms. The Kier molecular flexibility index (Phi) is 8.14. The van der Waals surface area contributed by atoms with E-state index in [2.05, 4.69) is 17.2 Å². The Morgan fingerprint density at radius 3 is 2.69 bits per heavy atom. The number of rotatable bonds is 4. The molecule has 16 heavy (non-hydrogen) atoms. The van der Waals surface area contributed by atoms with Crippen molar-refractivity contribution in [2.24, 2.45) is 0 Å². The molecule has 0 saturated carbocycles. The van der Waals surface area contributed by atoms with Crippen molar-refractivity contribution in [3.63, 3.8) is 0 Å². The lowest BCUT2D eigenvalue weighted by Crippen LogP contribution is -2.05. The quantitative estimate of drug-likeness (QED) is 0.815. The Bertz CT molecular complexity index is 358. The molecule has 1 aromatic carbocycles. The van der Waals surface area contributed by atoms with E-state index in [9.17, 15) is 0 Å². The van der Waals surface area contributed by atoms with Crippen LogP contribution in [-0.4, -0.2) is 27.3 Å². The van der Waals surface area contributed by atoms with Crippen molar-refractivity contribution >= 4 is 12.4 Å². The summed E-state index contributed by atoms with van der Waals surface area (Å²) in [5.41, 5.74) is 0. The van der Waals surface area contributed by atoms with Crippen LogP contribution in [0.3, 0.4) is 0 Å². The first-order valence-corrected chi connectivity index (χ1v) is 4.74. The van der Waals surface area contributed by atoms with E-state index in [4.69, 9.17) is 9.47 Å². The van der Waals surface area contributed by atoms with Gasteiger partial charge in [0.05, 0.1) is 13.7 Å². The second kappa shape index (κ2) is 8.90. The highest BCUT2D eigenvalue weighted by Gasteiger charge is 1.94. The highest BCUT2D eigenvalue weighted by Crippen LogP contribution is 2.18. The number of methoxy groups -OCH3 is 1. The van der Waals surface area contributed by atoms with Gasteiger partial charge in [-0.1, -0.05) is 17.9 Å². The second-order valence-electron chi connectivity index (χ2n) is 2.85. The topological polar surface area (TPSA) is 30.5 Å². The first kappa shape index (κ1) is 14.6. The molecule has 1 aromatic rings. The maximum atomic E-state index is 5.41. The fourth-order valence-electron chi connectivity index (χ4n) is 1.01. The maximum Gasteiger partial charge on any atom is 0.149 e. The average molecular weight is 242 g/mol. The Morgan fingerprint density at radius 1 is 1.25 bits per heavy atom. The van der Waals surface area contributed by atoms with E-state index in [0.29, 0.717) is 13.2 Å². The smallest absolute Gasteiger partial charge is 0.149 e. The molecule has 0 aliphatic rings. The van der Waals surface area contributed by atoms with E-state index in [1.807, 2.05) is 31.3 Å². The Hall–Kier alpha value is -1.37. The molecule has 0 aliphatic heterocycles. The summed E-state index contributed by atoms with van der Waals surface area (Å²) in [5.74, 6) is 7.37. The number of halogens is 1. The zero-order valence-corrected chi connectivity index (χ0v) is 10.3. The lowest BCUT2D eigenvalue weighted by atomic mass is 10.3. The molecular formula is C12H16ClNO2. The number of benzene rings is 1. The van der Waals surface area contributed by atoms with Gasteiger partial charge in [-0.05, 0) is 19.2 Å². The summed E-state index contributed by atoms with van der Waals surface area (Å²) in [5, 5.41) is 2.94. The van der Waals surface area contributed by atoms with Gasteiger partial charge in [0.2, 0.25) is 0 Å². The molecule has 0 unspecified atom stereocenters. The van der Waals surface area contributed by atoms with Crippen molar-refractivity contribution in [2.75, 3.05) is 27.3 Å². The summed E-state index contributed by atoms with van der Waals surface area (Å²) in [6.07, 6.45) is 0. The van der Waals surface area contributed by atoms with Crippen LogP contribution in [0.5, 0.6) is 11.5 Å². The van der Waals surface area contributed by atoms with E-state index in [-0.39, 0.29) is 12.4 Å². The van der Waals surface area contributed by atoms with Crippen LogP contribution in [-0.2, 0) is 0 Å². The van der Waals surface area contributed by atoms with Gasteiger partial charge in [-0.25, -0.2) is 0 Å². The van der Waals surface area contributed by atoms with Crippen molar-refractivity contribution < 1.29 is 9.47 Å². The van der Waals surface area contributed by atoms with E-state index in [1.165, 1.54) is 0 Å². The molecule has 0 saturated heterocycles. The first-order chi connectivity index (χ1) is 7.36. The molecule has 0 atom stereocenters. The SMILES string of the molecule is CNCC#CCOc1cccc(OC)c1.Cl. The lowest BCUT2D eigenvalue weighted by Gasteiger charge is -2.03. The predicted molar refractivity (Wildman–Crippen MR) is 67.4 cm³/mol. The van der Waals surface area contributed by atoms with Gasteiger partial charge in [0.1, 0.15) is 18.1 Å². The Labute approximate surface area is 103 Å². The Balaban J connectivity index is 0.00000225. The van der Waals surface area contributed by atoms with Gasteiger partial charge in [0.25, 0.3) is 0 Å². The molecule has 0 amide bonds. The molecule has 0 aromatic heterocycles. The molecule has 0 aliphatic carbocycles. The Morgan fingerprint density at radius 2 is 2.00 bits per heavy atom. The summed E-state index contributed by atoms with van der Waals surface area (Å²) in [6.45, 7) is 1.08.